The van der Waals surface area contributed by atoms with Crippen LogP contribution in [0.25, 0.3) is 0 Å². The van der Waals surface area contributed by atoms with Crippen LogP contribution in [0.2, 0.25) is 5.02 Å². The summed E-state index contributed by atoms with van der Waals surface area (Å²) in [5, 5.41) is 30.2. The highest BCUT2D eigenvalue weighted by molar-refractivity contribution is 6.32. The Kier molecular flexibility index (Phi) is 5.45. The third-order valence-corrected chi connectivity index (χ3v) is 5.03. The lowest BCUT2D eigenvalue weighted by Gasteiger charge is -2.17. The van der Waals surface area contributed by atoms with Crippen LogP contribution in [0.1, 0.15) is 41.8 Å². The summed E-state index contributed by atoms with van der Waals surface area (Å²) in [6, 6.07) is 6.26. The van der Waals surface area contributed by atoms with E-state index in [1.807, 2.05) is 13.8 Å². The number of fused-ring (bicyclic) bond motifs is 1. The standard InChI is InChI=1S/C20H21ClN6O3/c1-10(2)22-19(29)14-8-11(6-7-17(14)28)30-18-13-5-3-4-12(13)16(9-15(18)21)23-20-24-26-27-25-20/h6-10,28H,3-5H2,1-2H3,(H,22,29)(H2,23,24,25,26,27). The van der Waals surface area contributed by atoms with Crippen LogP contribution in [0.4, 0.5) is 11.6 Å². The van der Waals surface area contributed by atoms with Crippen LogP contribution in [0.15, 0.2) is 24.3 Å². The van der Waals surface area contributed by atoms with E-state index in [-0.39, 0.29) is 23.3 Å². The molecule has 0 bridgehead atoms. The van der Waals surface area contributed by atoms with Crippen LogP contribution < -0.4 is 15.4 Å². The van der Waals surface area contributed by atoms with E-state index in [9.17, 15) is 9.90 Å². The maximum atomic E-state index is 12.4. The Hall–Kier alpha value is -3.33. The number of amides is 1. The van der Waals surface area contributed by atoms with Crippen molar-refractivity contribution < 1.29 is 14.6 Å². The Balaban J connectivity index is 1.66. The Morgan fingerprint density at radius 2 is 2.07 bits per heavy atom. The zero-order chi connectivity index (χ0) is 21.3. The van der Waals surface area contributed by atoms with Gasteiger partial charge in [0.2, 0.25) is 0 Å². The first-order valence-corrected chi connectivity index (χ1v) is 9.96. The summed E-state index contributed by atoms with van der Waals surface area (Å²) >= 11 is 6.55. The van der Waals surface area contributed by atoms with Crippen molar-refractivity contribution in [1.29, 1.82) is 0 Å². The number of rotatable bonds is 6. The molecule has 0 spiro atoms. The number of phenolic OH excluding ortho intramolecular Hbond substituents is 1. The van der Waals surface area contributed by atoms with Crippen molar-refractivity contribution in [1.82, 2.24) is 25.9 Å². The predicted molar refractivity (Wildman–Crippen MR) is 112 cm³/mol. The second kappa shape index (κ2) is 8.19. The third kappa shape index (κ3) is 4.02. The molecule has 1 aliphatic carbocycles. The first kappa shape index (κ1) is 20.0. The molecule has 4 N–H and O–H groups in total. The van der Waals surface area contributed by atoms with Crippen molar-refractivity contribution in [2.24, 2.45) is 0 Å². The van der Waals surface area contributed by atoms with Crippen LogP contribution in [-0.4, -0.2) is 37.7 Å². The molecule has 0 saturated carbocycles. The van der Waals surface area contributed by atoms with E-state index in [4.69, 9.17) is 16.3 Å². The molecule has 156 valence electrons. The van der Waals surface area contributed by atoms with Gasteiger partial charge < -0.3 is 20.5 Å². The predicted octanol–water partition coefficient (Wildman–Crippen LogP) is 3.72. The van der Waals surface area contributed by atoms with E-state index >= 15 is 0 Å². The third-order valence-electron chi connectivity index (χ3n) is 4.75. The molecular formula is C20H21ClN6O3. The Labute approximate surface area is 177 Å². The number of carbonyl (C=O) groups excluding carboxylic acids is 1. The summed E-state index contributed by atoms with van der Waals surface area (Å²) < 4.78 is 6.09. The largest absolute Gasteiger partial charge is 0.507 e. The summed E-state index contributed by atoms with van der Waals surface area (Å²) in [6.45, 7) is 3.70. The molecule has 1 aliphatic rings. The summed E-state index contributed by atoms with van der Waals surface area (Å²) in [7, 11) is 0. The molecule has 9 nitrogen and oxygen atoms in total. The van der Waals surface area contributed by atoms with E-state index in [1.165, 1.54) is 12.1 Å². The zero-order valence-electron chi connectivity index (χ0n) is 16.5. The van der Waals surface area contributed by atoms with Gasteiger partial charge >= 0.3 is 0 Å². The van der Waals surface area contributed by atoms with Crippen molar-refractivity contribution in [3.05, 3.63) is 46.0 Å². The number of anilines is 2. The van der Waals surface area contributed by atoms with E-state index in [0.29, 0.717) is 22.5 Å². The van der Waals surface area contributed by atoms with Gasteiger partial charge in [0.1, 0.15) is 17.2 Å². The minimum absolute atomic E-state index is 0.0570. The number of phenols is 1. The summed E-state index contributed by atoms with van der Waals surface area (Å²) in [6.07, 6.45) is 2.64. The number of aromatic hydroxyl groups is 1. The molecule has 10 heteroatoms. The van der Waals surface area contributed by atoms with Gasteiger partial charge in [0, 0.05) is 17.3 Å². The molecule has 4 rings (SSSR count). The number of hydrogen-bond acceptors (Lipinski definition) is 7. The Bertz CT molecular complexity index is 1080. The minimum Gasteiger partial charge on any atom is -0.507 e. The number of ether oxygens (including phenoxy) is 1. The summed E-state index contributed by atoms with van der Waals surface area (Å²) in [4.78, 5) is 12.4. The monoisotopic (exact) mass is 428 g/mol. The number of nitrogens with one attached hydrogen (secondary N) is 3. The number of tetrazole rings is 1. The zero-order valence-corrected chi connectivity index (χ0v) is 17.2. The van der Waals surface area contributed by atoms with Gasteiger partial charge in [-0.3, -0.25) is 4.79 Å². The maximum absolute atomic E-state index is 12.4. The lowest BCUT2D eigenvalue weighted by molar-refractivity contribution is 0.0940. The van der Waals surface area contributed by atoms with Crippen molar-refractivity contribution in [2.45, 2.75) is 39.2 Å². The molecule has 0 aliphatic heterocycles. The molecule has 0 fully saturated rings. The van der Waals surface area contributed by atoms with E-state index in [1.54, 1.807) is 12.1 Å². The van der Waals surface area contributed by atoms with E-state index in [2.05, 4.69) is 31.3 Å². The van der Waals surface area contributed by atoms with Gasteiger partial charge in [-0.2, -0.15) is 5.21 Å². The van der Waals surface area contributed by atoms with Gasteiger partial charge in [0.25, 0.3) is 11.9 Å². The van der Waals surface area contributed by atoms with Crippen LogP contribution in [0.3, 0.4) is 0 Å². The molecule has 30 heavy (non-hydrogen) atoms. The topological polar surface area (TPSA) is 125 Å². The quantitative estimate of drug-likeness (QED) is 0.471. The molecule has 3 aromatic rings. The van der Waals surface area contributed by atoms with Gasteiger partial charge in [0.05, 0.1) is 10.6 Å². The molecule has 0 atom stereocenters. The fourth-order valence-corrected chi connectivity index (χ4v) is 3.75. The minimum atomic E-state index is -0.371. The Morgan fingerprint density at radius 3 is 2.80 bits per heavy atom. The maximum Gasteiger partial charge on any atom is 0.267 e. The second-order valence-electron chi connectivity index (χ2n) is 7.32. The molecule has 2 aromatic carbocycles. The first-order valence-electron chi connectivity index (χ1n) is 9.59. The Morgan fingerprint density at radius 1 is 1.27 bits per heavy atom. The average molecular weight is 429 g/mol. The SMILES string of the molecule is CC(C)NC(=O)c1cc(Oc2c(Cl)cc(Nc3nn[nH]n3)c3c2CCC3)ccc1O. The molecule has 1 amide bonds. The van der Waals surface area contributed by atoms with Crippen LogP contribution >= 0.6 is 11.6 Å². The number of benzene rings is 2. The van der Waals surface area contributed by atoms with Crippen LogP contribution in [-0.2, 0) is 12.8 Å². The lowest BCUT2D eigenvalue weighted by Crippen LogP contribution is -2.30. The van der Waals surface area contributed by atoms with Crippen LogP contribution in [0, 0.1) is 0 Å². The number of aromatic amines is 1. The number of halogens is 1. The smallest absolute Gasteiger partial charge is 0.267 e. The summed E-state index contributed by atoms with van der Waals surface area (Å²) in [5.74, 6) is 0.828. The fraction of sp³-hybridized carbons (Fsp3) is 0.300. The van der Waals surface area contributed by atoms with Crippen molar-refractivity contribution >= 4 is 29.1 Å². The van der Waals surface area contributed by atoms with Gasteiger partial charge in [-0.15, -0.1) is 5.10 Å². The number of hydrogen-bond donors (Lipinski definition) is 4. The molecule has 0 radical (unpaired) electrons. The van der Waals surface area contributed by atoms with Gasteiger partial charge in [-0.05, 0) is 68.2 Å². The highest BCUT2D eigenvalue weighted by atomic mass is 35.5. The van der Waals surface area contributed by atoms with Gasteiger partial charge in [0.15, 0.2) is 0 Å². The molecule has 0 saturated heterocycles. The van der Waals surface area contributed by atoms with Gasteiger partial charge in [-0.25, -0.2) is 0 Å². The average Bonchev–Trinajstić information content (AvgIpc) is 3.37. The number of nitrogens with zero attached hydrogens (tertiary/aromatic N) is 3. The molecule has 1 aromatic heterocycles. The molecule has 0 unspecified atom stereocenters. The van der Waals surface area contributed by atoms with Gasteiger partial charge in [-0.1, -0.05) is 16.7 Å². The van der Waals surface area contributed by atoms with Crippen molar-refractivity contribution in [3.8, 4) is 17.2 Å². The normalized spacial score (nSPS) is 12.7. The van der Waals surface area contributed by atoms with Crippen molar-refractivity contribution in [3.63, 3.8) is 0 Å². The summed E-state index contributed by atoms with van der Waals surface area (Å²) in [5.41, 5.74) is 3.03. The lowest BCUT2D eigenvalue weighted by atomic mass is 10.1. The van der Waals surface area contributed by atoms with Crippen molar-refractivity contribution in [2.75, 3.05) is 5.32 Å². The molecular weight excluding hydrogens is 408 g/mol. The van der Waals surface area contributed by atoms with Crippen LogP contribution in [0.5, 0.6) is 17.2 Å². The highest BCUT2D eigenvalue weighted by Gasteiger charge is 2.24. The number of aromatic nitrogens is 4. The fourth-order valence-electron chi connectivity index (χ4n) is 3.49. The molecule has 1 heterocycles. The number of H-pyrrole nitrogens is 1. The second-order valence-corrected chi connectivity index (χ2v) is 7.72. The van der Waals surface area contributed by atoms with E-state index < -0.39 is 0 Å². The number of carbonyl (C=O) groups is 1. The van der Waals surface area contributed by atoms with E-state index in [0.717, 1.165) is 36.1 Å². The highest BCUT2D eigenvalue weighted by Crippen LogP contribution is 2.44. The first-order chi connectivity index (χ1) is 14.4.